The lowest BCUT2D eigenvalue weighted by molar-refractivity contribution is -0.124. The van der Waals surface area contributed by atoms with Crippen LogP contribution in [0.5, 0.6) is 0 Å². The zero-order chi connectivity index (χ0) is 16.6. The maximum atomic E-state index is 12.6. The van der Waals surface area contributed by atoms with E-state index in [4.69, 9.17) is 4.99 Å². The number of nitrogens with zero attached hydrogens (tertiary/aromatic N) is 2. The number of piperidine rings is 1. The summed E-state index contributed by atoms with van der Waals surface area (Å²) in [6.07, 6.45) is 7.72. The number of nitrogens with one attached hydrogen (secondary N) is 2. The zero-order valence-electron chi connectivity index (χ0n) is 14.3. The number of aliphatic imine (C=N–C) groups is 2. The minimum atomic E-state index is -0.494. The van der Waals surface area contributed by atoms with Gasteiger partial charge in [0.2, 0.25) is 5.91 Å². The maximum Gasteiger partial charge on any atom is 0.224 e. The lowest BCUT2D eigenvalue weighted by atomic mass is 9.87. The number of hydrogen-bond donors (Lipinski definition) is 2. The summed E-state index contributed by atoms with van der Waals surface area (Å²) in [4.78, 5) is 21.6. The summed E-state index contributed by atoms with van der Waals surface area (Å²) < 4.78 is 0. The molecular weight excluding hydrogens is 288 g/mol. The Morgan fingerprint density at radius 1 is 1.30 bits per heavy atom. The minimum Gasteiger partial charge on any atom is -0.346 e. The van der Waals surface area contributed by atoms with Gasteiger partial charge in [0.25, 0.3) is 0 Å². The molecule has 0 aromatic rings. The highest BCUT2D eigenvalue weighted by molar-refractivity contribution is 6.05. The van der Waals surface area contributed by atoms with Crippen molar-refractivity contribution >= 4 is 17.5 Å². The second-order valence-corrected chi connectivity index (χ2v) is 7.31. The van der Waals surface area contributed by atoms with Crippen LogP contribution in [0.1, 0.15) is 27.7 Å². The number of amidine groups is 1. The summed E-state index contributed by atoms with van der Waals surface area (Å²) >= 11 is 0. The van der Waals surface area contributed by atoms with Crippen LogP contribution in [0.15, 0.2) is 34.4 Å². The van der Waals surface area contributed by atoms with Crippen molar-refractivity contribution in [1.29, 1.82) is 0 Å². The second kappa shape index (κ2) is 6.04. The summed E-state index contributed by atoms with van der Waals surface area (Å²) in [6.45, 7) is 10.00. The molecule has 124 valence electrons. The first kappa shape index (κ1) is 16.1. The summed E-state index contributed by atoms with van der Waals surface area (Å²) in [5, 5.41) is 6.56. The average Bonchev–Trinajstić information content (AvgIpc) is 2.93. The molecule has 1 amide bonds. The molecule has 2 heterocycles. The monoisotopic (exact) mass is 314 g/mol. The summed E-state index contributed by atoms with van der Waals surface area (Å²) in [5.41, 5.74) is 0.447. The number of carbonyl (C=O) groups is 1. The van der Waals surface area contributed by atoms with Crippen LogP contribution in [0.2, 0.25) is 0 Å². The van der Waals surface area contributed by atoms with Crippen LogP contribution >= 0.6 is 0 Å². The highest BCUT2D eigenvalue weighted by Gasteiger charge is 2.57. The molecule has 0 bridgehead atoms. The Balaban J connectivity index is 1.77. The summed E-state index contributed by atoms with van der Waals surface area (Å²) in [5.74, 6) is 2.24. The van der Waals surface area contributed by atoms with E-state index < -0.39 is 5.54 Å². The fraction of sp³-hybridized carbons (Fsp3) is 0.611. The van der Waals surface area contributed by atoms with Gasteiger partial charge in [-0.05, 0) is 51.8 Å². The lowest BCUT2D eigenvalue weighted by Crippen LogP contribution is -2.52. The molecule has 0 radical (unpaired) electrons. The Labute approximate surface area is 138 Å². The maximum absolute atomic E-state index is 12.6. The van der Waals surface area contributed by atoms with Gasteiger partial charge in [-0.25, -0.2) is 9.98 Å². The van der Waals surface area contributed by atoms with E-state index in [0.717, 1.165) is 18.8 Å². The van der Waals surface area contributed by atoms with Gasteiger partial charge in [0.1, 0.15) is 5.84 Å². The van der Waals surface area contributed by atoms with Crippen molar-refractivity contribution in [1.82, 2.24) is 10.6 Å². The fourth-order valence-electron chi connectivity index (χ4n) is 3.80. The molecule has 2 aliphatic heterocycles. The topological polar surface area (TPSA) is 65.8 Å². The van der Waals surface area contributed by atoms with E-state index in [9.17, 15) is 4.79 Å². The van der Waals surface area contributed by atoms with Crippen LogP contribution in [-0.2, 0) is 4.79 Å². The summed E-state index contributed by atoms with van der Waals surface area (Å²) in [6, 6.07) is 0. The van der Waals surface area contributed by atoms with E-state index in [0.29, 0.717) is 17.7 Å². The molecule has 2 unspecified atom stereocenters. The third-order valence-corrected chi connectivity index (χ3v) is 5.04. The van der Waals surface area contributed by atoms with Gasteiger partial charge in [-0.3, -0.25) is 4.79 Å². The normalized spacial score (nSPS) is 35.8. The molecule has 0 aromatic heterocycles. The number of hydrogen-bond acceptors (Lipinski definition) is 4. The molecule has 4 atom stereocenters. The van der Waals surface area contributed by atoms with Gasteiger partial charge in [-0.15, -0.1) is 0 Å². The van der Waals surface area contributed by atoms with Crippen molar-refractivity contribution in [2.45, 2.75) is 33.2 Å². The molecule has 3 rings (SSSR count). The number of allylic oxidation sites excluding steroid dienone is 3. The van der Waals surface area contributed by atoms with Crippen molar-refractivity contribution in [2.24, 2.45) is 33.7 Å². The van der Waals surface area contributed by atoms with Crippen molar-refractivity contribution < 1.29 is 4.79 Å². The van der Waals surface area contributed by atoms with E-state index in [-0.39, 0.29) is 17.7 Å². The molecule has 5 heteroatoms. The minimum absolute atomic E-state index is 0.138. The molecular formula is C18H26N4O. The lowest BCUT2D eigenvalue weighted by Gasteiger charge is -2.31. The van der Waals surface area contributed by atoms with Crippen LogP contribution in [-0.4, -0.2) is 36.1 Å². The van der Waals surface area contributed by atoms with Gasteiger partial charge in [-0.1, -0.05) is 19.1 Å². The van der Waals surface area contributed by atoms with E-state index in [1.807, 2.05) is 32.9 Å². The molecule has 0 aromatic carbocycles. The number of carbonyl (C=O) groups excluding carboxylic acids is 1. The van der Waals surface area contributed by atoms with Gasteiger partial charge in [0, 0.05) is 18.0 Å². The molecule has 23 heavy (non-hydrogen) atoms. The highest BCUT2D eigenvalue weighted by atomic mass is 16.2. The number of amides is 1. The zero-order valence-corrected chi connectivity index (χ0v) is 14.3. The van der Waals surface area contributed by atoms with Crippen LogP contribution in [0.3, 0.4) is 0 Å². The molecule has 1 saturated carbocycles. The van der Waals surface area contributed by atoms with E-state index >= 15 is 0 Å². The quantitative estimate of drug-likeness (QED) is 0.836. The molecule has 2 fully saturated rings. The molecule has 0 spiro atoms. The van der Waals surface area contributed by atoms with E-state index in [2.05, 4.69) is 28.6 Å². The standard InChI is InChI=1S/C18H26N4O/c1-11-7-5-6-8-20-12(2)21-16(11)18(3,4)22-17(23)15-13-9-19-10-14(13)15/h5-8,11,13-15,19H,9-10H2,1-4H3,(H,22,23)/b7-5-,8-6-,20-12?,21-16?/t11?,13-,14+,15?. The van der Waals surface area contributed by atoms with Gasteiger partial charge < -0.3 is 10.6 Å². The molecule has 3 aliphatic rings. The third-order valence-electron chi connectivity index (χ3n) is 5.04. The van der Waals surface area contributed by atoms with Crippen molar-refractivity contribution in [2.75, 3.05) is 13.1 Å². The van der Waals surface area contributed by atoms with Crippen LogP contribution in [0, 0.1) is 23.7 Å². The molecule has 2 N–H and O–H groups in total. The number of rotatable bonds is 3. The SMILES string of the molecule is CC1=N/C=C\C=C/C(C)C(C(C)(C)NC(=O)C2[C@H]3CNC[C@@H]23)=N1. The van der Waals surface area contributed by atoms with E-state index in [1.54, 1.807) is 6.20 Å². The van der Waals surface area contributed by atoms with Gasteiger partial charge >= 0.3 is 0 Å². The third kappa shape index (κ3) is 3.29. The Hall–Kier alpha value is -1.75. The molecule has 1 aliphatic carbocycles. The van der Waals surface area contributed by atoms with Crippen LogP contribution in [0.25, 0.3) is 0 Å². The van der Waals surface area contributed by atoms with Crippen molar-refractivity contribution in [3.05, 3.63) is 24.4 Å². The smallest absolute Gasteiger partial charge is 0.224 e. The molecule has 1 saturated heterocycles. The Bertz CT molecular complexity index is 605. The first-order valence-corrected chi connectivity index (χ1v) is 8.39. The second-order valence-electron chi connectivity index (χ2n) is 7.31. The van der Waals surface area contributed by atoms with E-state index in [1.165, 1.54) is 0 Å². The predicted octanol–water partition coefficient (Wildman–Crippen LogP) is 1.93. The largest absolute Gasteiger partial charge is 0.346 e. The van der Waals surface area contributed by atoms with Crippen LogP contribution < -0.4 is 10.6 Å². The first-order valence-electron chi connectivity index (χ1n) is 8.39. The Kier molecular flexibility index (Phi) is 4.23. The van der Waals surface area contributed by atoms with Gasteiger partial charge in [-0.2, -0.15) is 0 Å². The fourth-order valence-corrected chi connectivity index (χ4v) is 3.80. The van der Waals surface area contributed by atoms with Crippen LogP contribution in [0.4, 0.5) is 0 Å². The summed E-state index contributed by atoms with van der Waals surface area (Å²) in [7, 11) is 0. The highest BCUT2D eigenvalue weighted by Crippen LogP contribution is 2.48. The Morgan fingerprint density at radius 3 is 2.70 bits per heavy atom. The number of fused-ring (bicyclic) bond motifs is 1. The Morgan fingerprint density at radius 2 is 2.00 bits per heavy atom. The predicted molar refractivity (Wildman–Crippen MR) is 93.5 cm³/mol. The van der Waals surface area contributed by atoms with Gasteiger partial charge in [0.05, 0.1) is 11.3 Å². The van der Waals surface area contributed by atoms with Crippen molar-refractivity contribution in [3.63, 3.8) is 0 Å². The first-order chi connectivity index (χ1) is 10.9. The average molecular weight is 314 g/mol. The van der Waals surface area contributed by atoms with Gasteiger partial charge in [0.15, 0.2) is 0 Å². The van der Waals surface area contributed by atoms with Crippen molar-refractivity contribution in [3.8, 4) is 0 Å². The molecule has 5 nitrogen and oxygen atoms in total.